The number of hydrogen-bond acceptors (Lipinski definition) is 3. The second-order valence-electron chi connectivity index (χ2n) is 7.23. The third kappa shape index (κ3) is 5.06. The van der Waals surface area contributed by atoms with Crippen LogP contribution in [0.25, 0.3) is 0 Å². The summed E-state index contributed by atoms with van der Waals surface area (Å²) < 4.78 is 29.0. The van der Waals surface area contributed by atoms with Gasteiger partial charge < -0.3 is 5.73 Å². The molecule has 0 aromatic heterocycles. The van der Waals surface area contributed by atoms with E-state index in [4.69, 9.17) is 17.3 Å². The molecule has 152 valence electrons. The van der Waals surface area contributed by atoms with Gasteiger partial charge >= 0.3 is 0 Å². The quantitative estimate of drug-likeness (QED) is 0.429. The molecule has 3 aromatic carbocycles. The number of aryl methyl sites for hydroxylation is 2. The molecule has 0 bridgehead atoms. The highest BCUT2D eigenvalue weighted by molar-refractivity contribution is 7.88. The molecule has 0 saturated carbocycles. The molecule has 0 saturated heterocycles. The van der Waals surface area contributed by atoms with Crippen LogP contribution in [0.3, 0.4) is 0 Å². The molecule has 0 aliphatic carbocycles. The van der Waals surface area contributed by atoms with Crippen molar-refractivity contribution < 1.29 is 8.42 Å². The van der Waals surface area contributed by atoms with E-state index in [1.807, 2.05) is 80.6 Å². The summed E-state index contributed by atoms with van der Waals surface area (Å²) in [6, 6.07) is 23.2. The van der Waals surface area contributed by atoms with E-state index in [-0.39, 0.29) is 5.75 Å². The smallest absolute Gasteiger partial charge is 0.216 e. The first-order valence-electron chi connectivity index (χ1n) is 9.34. The number of benzene rings is 3. The van der Waals surface area contributed by atoms with Crippen molar-refractivity contribution >= 4 is 21.6 Å². The Hall–Kier alpha value is -2.18. The SMILES string of the molecule is Cc1cccc(C)c1CS(=O)(=O)N[C@@H](c1ccccc1)[C@@](N)(Cl)c1ccccc1. The molecule has 0 aliphatic heterocycles. The normalized spacial score (nSPS) is 14.9. The molecule has 0 radical (unpaired) electrons. The molecule has 0 heterocycles. The molecule has 0 spiro atoms. The standard InChI is InChI=1S/C23H25ClN2O2S/c1-17-10-9-11-18(2)21(17)16-29(27,28)26-22(19-12-5-3-6-13-19)23(24,25)20-14-7-4-8-15-20/h3-15,22,26H,16,25H2,1-2H3/t22-,23+/m0/s1. The molecule has 6 heteroatoms. The van der Waals surface area contributed by atoms with Crippen LogP contribution >= 0.6 is 11.6 Å². The maximum Gasteiger partial charge on any atom is 0.216 e. The third-order valence-electron chi connectivity index (χ3n) is 5.05. The summed E-state index contributed by atoms with van der Waals surface area (Å²) in [5, 5.41) is 0. The number of nitrogens with one attached hydrogen (secondary N) is 1. The van der Waals surface area contributed by atoms with Gasteiger partial charge in [0.15, 0.2) is 0 Å². The molecule has 3 N–H and O–H groups in total. The van der Waals surface area contributed by atoms with Crippen LogP contribution in [0.4, 0.5) is 0 Å². The summed E-state index contributed by atoms with van der Waals surface area (Å²) in [4.78, 5) is -1.46. The molecule has 0 fully saturated rings. The van der Waals surface area contributed by atoms with Crippen molar-refractivity contribution in [3.8, 4) is 0 Å². The summed E-state index contributed by atoms with van der Waals surface area (Å²) in [6.07, 6.45) is 0. The van der Waals surface area contributed by atoms with E-state index < -0.39 is 21.1 Å². The summed E-state index contributed by atoms with van der Waals surface area (Å²) >= 11 is 6.78. The number of sulfonamides is 1. The number of nitrogens with two attached hydrogens (primary N) is 1. The maximum absolute atomic E-state index is 13.1. The summed E-state index contributed by atoms with van der Waals surface area (Å²) in [6.45, 7) is 3.82. The largest absolute Gasteiger partial charge is 0.307 e. The van der Waals surface area contributed by atoms with Crippen molar-refractivity contribution in [2.45, 2.75) is 30.6 Å². The maximum atomic E-state index is 13.1. The van der Waals surface area contributed by atoms with Gasteiger partial charge in [0.1, 0.15) is 5.00 Å². The van der Waals surface area contributed by atoms with Crippen molar-refractivity contribution in [3.05, 3.63) is 107 Å². The zero-order chi connectivity index (χ0) is 21.1. The average molecular weight is 429 g/mol. The molecule has 2 atom stereocenters. The molecule has 0 unspecified atom stereocenters. The highest BCUT2D eigenvalue weighted by Crippen LogP contribution is 2.37. The number of halogens is 1. The monoisotopic (exact) mass is 428 g/mol. The third-order valence-corrected chi connectivity index (χ3v) is 6.75. The number of alkyl halides is 1. The Morgan fingerprint density at radius 2 is 1.41 bits per heavy atom. The van der Waals surface area contributed by atoms with E-state index in [0.717, 1.165) is 16.7 Å². The van der Waals surface area contributed by atoms with E-state index >= 15 is 0 Å². The van der Waals surface area contributed by atoms with Crippen LogP contribution in [-0.2, 0) is 20.8 Å². The van der Waals surface area contributed by atoms with Crippen LogP contribution in [0.2, 0.25) is 0 Å². The molecular weight excluding hydrogens is 404 g/mol. The Labute approximate surface area is 177 Å². The van der Waals surface area contributed by atoms with Gasteiger partial charge in [0.25, 0.3) is 0 Å². The first kappa shape index (κ1) is 21.5. The lowest BCUT2D eigenvalue weighted by Gasteiger charge is -2.33. The lowest BCUT2D eigenvalue weighted by molar-refractivity contribution is 0.459. The second kappa shape index (κ2) is 8.67. The summed E-state index contributed by atoms with van der Waals surface area (Å²) in [5.41, 5.74) is 10.5. The molecule has 4 nitrogen and oxygen atoms in total. The van der Waals surface area contributed by atoms with Crippen LogP contribution in [0.5, 0.6) is 0 Å². The molecular formula is C23H25ClN2O2S. The van der Waals surface area contributed by atoms with Crippen molar-refractivity contribution in [2.24, 2.45) is 5.73 Å². The van der Waals surface area contributed by atoms with Crippen molar-refractivity contribution in [2.75, 3.05) is 0 Å². The van der Waals surface area contributed by atoms with Gasteiger partial charge in [-0.1, -0.05) is 90.5 Å². The van der Waals surface area contributed by atoms with Gasteiger partial charge in [0.2, 0.25) is 10.0 Å². The molecule has 3 rings (SSSR count). The Bertz CT molecular complexity index is 1050. The lowest BCUT2D eigenvalue weighted by atomic mass is 9.94. The van der Waals surface area contributed by atoms with E-state index in [9.17, 15) is 8.42 Å². The molecule has 0 aliphatic rings. The van der Waals surface area contributed by atoms with Gasteiger partial charge in [-0.05, 0) is 41.7 Å². The second-order valence-corrected chi connectivity index (χ2v) is 9.60. The van der Waals surface area contributed by atoms with E-state index in [1.54, 1.807) is 12.1 Å². The van der Waals surface area contributed by atoms with Gasteiger partial charge in [-0.15, -0.1) is 0 Å². The fourth-order valence-corrected chi connectivity index (χ4v) is 5.36. The predicted octanol–water partition coefficient (Wildman–Crippen LogP) is 4.51. The van der Waals surface area contributed by atoms with E-state index in [2.05, 4.69) is 4.72 Å². The molecule has 0 amide bonds. The van der Waals surface area contributed by atoms with Gasteiger partial charge in [-0.25, -0.2) is 13.1 Å². The predicted molar refractivity (Wildman–Crippen MR) is 119 cm³/mol. The Morgan fingerprint density at radius 1 is 0.897 bits per heavy atom. The van der Waals surface area contributed by atoms with E-state index in [0.29, 0.717) is 11.1 Å². The van der Waals surface area contributed by atoms with E-state index in [1.165, 1.54) is 0 Å². The topological polar surface area (TPSA) is 72.2 Å². The Balaban J connectivity index is 1.99. The number of hydrogen-bond donors (Lipinski definition) is 2. The van der Waals surface area contributed by atoms with Crippen LogP contribution in [0.1, 0.15) is 33.9 Å². The summed E-state index contributed by atoms with van der Waals surface area (Å²) in [7, 11) is -3.73. The Morgan fingerprint density at radius 3 is 1.97 bits per heavy atom. The minimum absolute atomic E-state index is 0.142. The number of rotatable bonds is 7. The van der Waals surface area contributed by atoms with Gasteiger partial charge in [0.05, 0.1) is 11.8 Å². The Kier molecular flexibility index (Phi) is 6.44. The van der Waals surface area contributed by atoms with Crippen LogP contribution in [0, 0.1) is 13.8 Å². The molecule has 3 aromatic rings. The fourth-order valence-electron chi connectivity index (χ4n) is 3.39. The van der Waals surface area contributed by atoms with Gasteiger partial charge in [0, 0.05) is 0 Å². The van der Waals surface area contributed by atoms with Crippen molar-refractivity contribution in [3.63, 3.8) is 0 Å². The summed E-state index contributed by atoms with van der Waals surface area (Å²) in [5.74, 6) is -0.142. The lowest BCUT2D eigenvalue weighted by Crippen LogP contribution is -2.46. The average Bonchev–Trinajstić information content (AvgIpc) is 2.70. The minimum Gasteiger partial charge on any atom is -0.307 e. The van der Waals surface area contributed by atoms with Gasteiger partial charge in [-0.2, -0.15) is 0 Å². The van der Waals surface area contributed by atoms with Crippen molar-refractivity contribution in [1.82, 2.24) is 4.72 Å². The zero-order valence-corrected chi connectivity index (χ0v) is 18.0. The highest BCUT2D eigenvalue weighted by atomic mass is 35.5. The van der Waals surface area contributed by atoms with Crippen LogP contribution in [-0.4, -0.2) is 8.42 Å². The fraction of sp³-hybridized carbons (Fsp3) is 0.217. The van der Waals surface area contributed by atoms with Gasteiger partial charge in [-0.3, -0.25) is 0 Å². The van der Waals surface area contributed by atoms with Crippen LogP contribution < -0.4 is 10.5 Å². The first-order chi connectivity index (χ1) is 13.7. The minimum atomic E-state index is -3.73. The first-order valence-corrected chi connectivity index (χ1v) is 11.4. The molecule has 29 heavy (non-hydrogen) atoms. The van der Waals surface area contributed by atoms with Crippen molar-refractivity contribution in [1.29, 1.82) is 0 Å². The highest BCUT2D eigenvalue weighted by Gasteiger charge is 2.38. The zero-order valence-electron chi connectivity index (χ0n) is 16.5. The van der Waals surface area contributed by atoms with Crippen LogP contribution in [0.15, 0.2) is 78.9 Å².